The van der Waals surface area contributed by atoms with Crippen LogP contribution in [-0.4, -0.2) is 24.6 Å². The van der Waals surface area contributed by atoms with E-state index in [2.05, 4.69) is 5.32 Å². The highest BCUT2D eigenvalue weighted by Crippen LogP contribution is 2.38. The van der Waals surface area contributed by atoms with Crippen LogP contribution in [0.3, 0.4) is 0 Å². The summed E-state index contributed by atoms with van der Waals surface area (Å²) in [7, 11) is 0. The molecule has 0 unspecified atom stereocenters. The molecule has 2 aromatic rings. The zero-order chi connectivity index (χ0) is 21.0. The molecule has 5 nitrogen and oxygen atoms in total. The minimum Gasteiger partial charge on any atom is -0.480 e. The predicted octanol–water partition coefficient (Wildman–Crippen LogP) is 5.22. The molecule has 1 N–H and O–H groups in total. The lowest BCUT2D eigenvalue weighted by atomic mass is 9.95. The van der Waals surface area contributed by atoms with Gasteiger partial charge in [0.15, 0.2) is 6.10 Å². The van der Waals surface area contributed by atoms with Crippen LogP contribution in [0.2, 0.25) is 0 Å². The van der Waals surface area contributed by atoms with Crippen molar-refractivity contribution in [3.05, 3.63) is 45.3 Å². The first-order valence-electron chi connectivity index (χ1n) is 10.3. The molecule has 0 saturated heterocycles. The molecule has 29 heavy (non-hydrogen) atoms. The van der Waals surface area contributed by atoms with Crippen LogP contribution in [0.1, 0.15) is 65.0 Å². The number of carbonyl (C=O) groups is 2. The van der Waals surface area contributed by atoms with Gasteiger partial charge in [-0.1, -0.05) is 19.1 Å². The minimum atomic E-state index is -0.635. The number of carbonyl (C=O) groups excluding carboxylic acids is 2. The second kappa shape index (κ2) is 9.44. The summed E-state index contributed by atoms with van der Waals surface area (Å²) in [6.07, 6.45) is 3.85. The lowest BCUT2D eigenvalue weighted by Crippen LogP contribution is -2.33. The molecule has 1 aromatic heterocycles. The van der Waals surface area contributed by atoms with Gasteiger partial charge in [-0.2, -0.15) is 0 Å². The maximum Gasteiger partial charge on any atom is 0.341 e. The summed E-state index contributed by atoms with van der Waals surface area (Å²) in [6.45, 7) is 8.03. The highest BCUT2D eigenvalue weighted by molar-refractivity contribution is 7.17. The number of amides is 1. The largest absolute Gasteiger partial charge is 0.480 e. The van der Waals surface area contributed by atoms with E-state index in [4.69, 9.17) is 9.47 Å². The van der Waals surface area contributed by atoms with Crippen LogP contribution in [0.4, 0.5) is 5.00 Å². The quantitative estimate of drug-likeness (QED) is 0.630. The maximum atomic E-state index is 13.0. The van der Waals surface area contributed by atoms with Crippen LogP contribution >= 0.6 is 11.3 Å². The summed E-state index contributed by atoms with van der Waals surface area (Å²) < 4.78 is 11.3. The van der Waals surface area contributed by atoms with Crippen LogP contribution in [0.5, 0.6) is 5.75 Å². The van der Waals surface area contributed by atoms with Gasteiger partial charge in [0.25, 0.3) is 5.91 Å². The summed E-state index contributed by atoms with van der Waals surface area (Å²) in [5.41, 5.74) is 3.71. The molecule has 0 aliphatic heterocycles. The fraction of sp³-hybridized carbons (Fsp3) is 0.478. The van der Waals surface area contributed by atoms with Gasteiger partial charge in [-0.25, -0.2) is 4.79 Å². The number of hydrogen-bond acceptors (Lipinski definition) is 5. The van der Waals surface area contributed by atoms with E-state index in [9.17, 15) is 9.59 Å². The highest BCUT2D eigenvalue weighted by Gasteiger charge is 2.29. The molecular weight excluding hydrogens is 386 g/mol. The Morgan fingerprint density at radius 2 is 1.93 bits per heavy atom. The average molecular weight is 416 g/mol. The number of hydrogen-bond donors (Lipinski definition) is 1. The third-order valence-corrected chi connectivity index (χ3v) is 6.58. The molecule has 1 aliphatic carbocycles. The number of nitrogens with one attached hydrogen (secondary N) is 1. The lowest BCUT2D eigenvalue weighted by molar-refractivity contribution is -0.122. The van der Waals surface area contributed by atoms with Gasteiger partial charge in [0.05, 0.1) is 12.2 Å². The normalized spacial score (nSPS) is 14.1. The van der Waals surface area contributed by atoms with E-state index in [1.165, 1.54) is 16.2 Å². The summed E-state index contributed by atoms with van der Waals surface area (Å²) in [5, 5.41) is 3.55. The molecular formula is C23H29NO4S. The number of aryl methyl sites for hydroxylation is 2. The van der Waals surface area contributed by atoms with E-state index >= 15 is 0 Å². The number of ether oxygens (including phenoxy) is 2. The summed E-state index contributed by atoms with van der Waals surface area (Å²) in [5.74, 6) is 0.117. The van der Waals surface area contributed by atoms with Crippen molar-refractivity contribution >= 4 is 28.2 Å². The van der Waals surface area contributed by atoms with Crippen LogP contribution in [-0.2, 0) is 22.4 Å². The highest BCUT2D eigenvalue weighted by atomic mass is 32.1. The number of benzene rings is 1. The Morgan fingerprint density at radius 3 is 2.66 bits per heavy atom. The first-order chi connectivity index (χ1) is 14.0. The Labute approximate surface area is 176 Å². The zero-order valence-electron chi connectivity index (χ0n) is 17.6. The number of esters is 1. The fourth-order valence-electron chi connectivity index (χ4n) is 3.59. The molecule has 0 saturated carbocycles. The van der Waals surface area contributed by atoms with Gasteiger partial charge < -0.3 is 14.8 Å². The van der Waals surface area contributed by atoms with Crippen molar-refractivity contribution in [3.8, 4) is 5.75 Å². The van der Waals surface area contributed by atoms with Gasteiger partial charge in [0.1, 0.15) is 10.8 Å². The van der Waals surface area contributed by atoms with Gasteiger partial charge in [-0.15, -0.1) is 11.3 Å². The number of anilines is 1. The van der Waals surface area contributed by atoms with Gasteiger partial charge in [0, 0.05) is 4.88 Å². The molecule has 1 amide bonds. The molecule has 0 spiro atoms. The first-order valence-corrected chi connectivity index (χ1v) is 11.1. The van der Waals surface area contributed by atoms with E-state index in [0.717, 1.165) is 42.4 Å². The molecule has 1 atom stereocenters. The molecule has 6 heteroatoms. The Bertz CT molecular complexity index is 903. The maximum absolute atomic E-state index is 13.0. The van der Waals surface area contributed by atoms with E-state index in [1.807, 2.05) is 39.0 Å². The van der Waals surface area contributed by atoms with Gasteiger partial charge in [0.2, 0.25) is 0 Å². The van der Waals surface area contributed by atoms with Crippen molar-refractivity contribution in [1.82, 2.24) is 0 Å². The Balaban J connectivity index is 1.84. The smallest absolute Gasteiger partial charge is 0.341 e. The second-order valence-corrected chi connectivity index (χ2v) is 8.44. The molecule has 0 fully saturated rings. The third-order valence-electron chi connectivity index (χ3n) is 5.37. The Kier molecular flexibility index (Phi) is 6.96. The van der Waals surface area contributed by atoms with Crippen LogP contribution < -0.4 is 10.1 Å². The number of rotatable bonds is 7. The van der Waals surface area contributed by atoms with Crippen molar-refractivity contribution in [2.24, 2.45) is 0 Å². The SMILES string of the molecule is CCOC(=O)c1c(NC(=O)[C@@H](CC)Oc2cccc(C)c2C)sc2c1CCCC2. The molecule has 1 aliphatic rings. The average Bonchev–Trinajstić information content (AvgIpc) is 3.07. The standard InChI is InChI=1S/C23H29NO4S/c1-5-17(28-18-12-9-10-14(3)15(18)4)21(25)24-22-20(23(26)27-6-2)16-11-7-8-13-19(16)29-22/h9-10,12,17H,5-8,11,13H2,1-4H3,(H,24,25)/t17-/m1/s1. The van der Waals surface area contributed by atoms with E-state index in [-0.39, 0.29) is 11.9 Å². The van der Waals surface area contributed by atoms with Crippen molar-refractivity contribution < 1.29 is 19.1 Å². The topological polar surface area (TPSA) is 64.6 Å². The van der Waals surface area contributed by atoms with E-state index in [0.29, 0.717) is 29.3 Å². The van der Waals surface area contributed by atoms with Crippen LogP contribution in [0.25, 0.3) is 0 Å². The number of thiophene rings is 1. The van der Waals surface area contributed by atoms with Crippen molar-refractivity contribution in [3.63, 3.8) is 0 Å². The fourth-order valence-corrected chi connectivity index (χ4v) is 4.87. The van der Waals surface area contributed by atoms with Crippen molar-refractivity contribution in [2.75, 3.05) is 11.9 Å². The zero-order valence-corrected chi connectivity index (χ0v) is 18.4. The van der Waals surface area contributed by atoms with Gasteiger partial charge >= 0.3 is 5.97 Å². The Morgan fingerprint density at radius 1 is 1.17 bits per heavy atom. The van der Waals surface area contributed by atoms with Gasteiger partial charge in [-0.05, 0) is 75.6 Å². The third kappa shape index (κ3) is 4.64. The predicted molar refractivity (Wildman–Crippen MR) is 116 cm³/mol. The van der Waals surface area contributed by atoms with Crippen LogP contribution in [0, 0.1) is 13.8 Å². The minimum absolute atomic E-state index is 0.238. The summed E-state index contributed by atoms with van der Waals surface area (Å²) in [6, 6.07) is 5.83. The molecule has 156 valence electrons. The number of fused-ring (bicyclic) bond motifs is 1. The van der Waals surface area contributed by atoms with Crippen molar-refractivity contribution in [1.29, 1.82) is 0 Å². The van der Waals surface area contributed by atoms with Crippen molar-refractivity contribution in [2.45, 2.75) is 65.9 Å². The summed E-state index contributed by atoms with van der Waals surface area (Å²) >= 11 is 1.50. The van der Waals surface area contributed by atoms with Crippen LogP contribution in [0.15, 0.2) is 18.2 Å². The summed E-state index contributed by atoms with van der Waals surface area (Å²) in [4.78, 5) is 26.8. The first kappa shape index (κ1) is 21.4. The molecule has 0 bridgehead atoms. The van der Waals surface area contributed by atoms with E-state index in [1.54, 1.807) is 6.92 Å². The second-order valence-electron chi connectivity index (χ2n) is 7.34. The van der Waals surface area contributed by atoms with Gasteiger partial charge in [-0.3, -0.25) is 4.79 Å². The monoisotopic (exact) mass is 415 g/mol. The molecule has 1 aromatic carbocycles. The Hall–Kier alpha value is -2.34. The lowest BCUT2D eigenvalue weighted by Gasteiger charge is -2.19. The molecule has 3 rings (SSSR count). The molecule has 0 radical (unpaired) electrons. The molecule has 1 heterocycles. The van der Waals surface area contributed by atoms with E-state index < -0.39 is 6.10 Å².